The average molecular weight is 298 g/mol. The maximum atomic E-state index is 9.23. The molecule has 0 radical (unpaired) electrons. The minimum atomic E-state index is 0.0373. The van der Waals surface area contributed by atoms with Crippen molar-refractivity contribution in [1.82, 2.24) is 4.90 Å². The Labute approximate surface area is 123 Å². The van der Waals surface area contributed by atoms with Crippen molar-refractivity contribution in [2.75, 3.05) is 13.2 Å². The van der Waals surface area contributed by atoms with Crippen LogP contribution in [-0.2, 0) is 6.54 Å². The number of fused-ring (bicyclic) bond motifs is 1. The van der Waals surface area contributed by atoms with Gasteiger partial charge in [-0.25, -0.2) is 0 Å². The molecule has 2 nitrogen and oxygen atoms in total. The van der Waals surface area contributed by atoms with Crippen LogP contribution in [0.1, 0.15) is 26.3 Å². The van der Waals surface area contributed by atoms with Crippen LogP contribution in [0.3, 0.4) is 0 Å². The predicted octanol–water partition coefficient (Wildman–Crippen LogP) is 4.15. The van der Waals surface area contributed by atoms with E-state index >= 15 is 0 Å². The van der Waals surface area contributed by atoms with Gasteiger partial charge in [-0.2, -0.15) is 0 Å². The van der Waals surface area contributed by atoms with Crippen molar-refractivity contribution < 1.29 is 5.11 Å². The molecule has 104 valence electrons. The molecule has 0 aliphatic rings. The smallest absolute Gasteiger partial charge is 0.0558 e. The first-order valence-corrected chi connectivity index (χ1v) is 7.69. The first kappa shape index (κ1) is 14.8. The normalized spacial score (nSPS) is 12.5. The molecule has 0 saturated heterocycles. The summed E-state index contributed by atoms with van der Waals surface area (Å²) in [6.45, 7) is 8.21. The van der Waals surface area contributed by atoms with Crippen LogP contribution in [0, 0.1) is 0 Å². The van der Waals surface area contributed by atoms with E-state index < -0.39 is 0 Å². The third-order valence-corrected chi connectivity index (χ3v) is 4.54. The number of rotatable bonds is 4. The molecule has 1 aromatic carbocycles. The van der Waals surface area contributed by atoms with Crippen molar-refractivity contribution in [3.8, 4) is 0 Å². The summed E-state index contributed by atoms with van der Waals surface area (Å²) in [5.41, 5.74) is 1.32. The van der Waals surface area contributed by atoms with Gasteiger partial charge in [-0.15, -0.1) is 11.3 Å². The average Bonchev–Trinajstić information content (AvgIpc) is 2.70. The Bertz CT molecular complexity index is 559. The third kappa shape index (κ3) is 3.48. The van der Waals surface area contributed by atoms with Crippen LogP contribution >= 0.6 is 22.9 Å². The van der Waals surface area contributed by atoms with Crippen molar-refractivity contribution in [2.24, 2.45) is 0 Å². The fourth-order valence-electron chi connectivity index (χ4n) is 2.15. The number of halogens is 1. The Morgan fingerprint density at radius 2 is 2.05 bits per heavy atom. The highest BCUT2D eigenvalue weighted by Gasteiger charge is 2.21. The maximum absolute atomic E-state index is 9.23. The van der Waals surface area contributed by atoms with Crippen LogP contribution in [0.25, 0.3) is 10.1 Å². The Balaban J connectivity index is 2.31. The number of hydrogen-bond donors (Lipinski definition) is 1. The van der Waals surface area contributed by atoms with E-state index in [1.807, 2.05) is 12.1 Å². The van der Waals surface area contributed by atoms with E-state index in [-0.39, 0.29) is 12.1 Å². The molecule has 0 amide bonds. The van der Waals surface area contributed by atoms with Crippen molar-refractivity contribution in [3.63, 3.8) is 0 Å². The Kier molecular flexibility index (Phi) is 4.51. The van der Waals surface area contributed by atoms with Gasteiger partial charge in [-0.1, -0.05) is 11.6 Å². The van der Waals surface area contributed by atoms with Crippen molar-refractivity contribution in [2.45, 2.75) is 32.9 Å². The van der Waals surface area contributed by atoms with Crippen LogP contribution in [-0.4, -0.2) is 28.7 Å². The number of nitrogens with zero attached hydrogens (tertiary/aromatic N) is 1. The Hall–Kier alpha value is -0.610. The maximum Gasteiger partial charge on any atom is 0.0558 e. The van der Waals surface area contributed by atoms with E-state index in [9.17, 15) is 5.11 Å². The monoisotopic (exact) mass is 297 g/mol. The summed E-state index contributed by atoms with van der Waals surface area (Å²) >= 11 is 7.83. The lowest BCUT2D eigenvalue weighted by molar-refractivity contribution is 0.0989. The molecule has 1 heterocycles. The number of thiophene rings is 1. The lowest BCUT2D eigenvalue weighted by Crippen LogP contribution is -2.42. The second-order valence-electron chi connectivity index (χ2n) is 5.72. The second kappa shape index (κ2) is 5.80. The van der Waals surface area contributed by atoms with Crippen molar-refractivity contribution >= 4 is 33.0 Å². The molecular formula is C15H20ClNOS. The quantitative estimate of drug-likeness (QED) is 0.916. The van der Waals surface area contributed by atoms with Gasteiger partial charge >= 0.3 is 0 Å². The molecule has 0 aliphatic heterocycles. The summed E-state index contributed by atoms with van der Waals surface area (Å²) in [6.07, 6.45) is 0. The molecule has 2 aromatic rings. The topological polar surface area (TPSA) is 23.5 Å². The summed E-state index contributed by atoms with van der Waals surface area (Å²) in [4.78, 5) is 2.29. The van der Waals surface area contributed by atoms with E-state index in [4.69, 9.17) is 11.6 Å². The largest absolute Gasteiger partial charge is 0.395 e. The van der Waals surface area contributed by atoms with Gasteiger partial charge < -0.3 is 5.11 Å². The highest BCUT2D eigenvalue weighted by molar-refractivity contribution is 7.17. The Morgan fingerprint density at radius 1 is 1.32 bits per heavy atom. The van der Waals surface area contributed by atoms with E-state index in [0.717, 1.165) is 11.6 Å². The molecule has 2 rings (SSSR count). The fourth-order valence-corrected chi connectivity index (χ4v) is 3.26. The highest BCUT2D eigenvalue weighted by atomic mass is 35.5. The molecule has 1 N–H and O–H groups in total. The van der Waals surface area contributed by atoms with Crippen molar-refractivity contribution in [3.05, 3.63) is 34.2 Å². The number of hydrogen-bond acceptors (Lipinski definition) is 3. The van der Waals surface area contributed by atoms with Crippen LogP contribution in [0.4, 0.5) is 0 Å². The third-order valence-electron chi connectivity index (χ3n) is 3.30. The molecule has 0 bridgehead atoms. The number of β-amino-alcohol motifs (C(OH)–C–C–N with tert-alkyl or cyclic N) is 1. The molecule has 0 fully saturated rings. The zero-order valence-electron chi connectivity index (χ0n) is 11.6. The van der Waals surface area contributed by atoms with Gasteiger partial charge in [0.25, 0.3) is 0 Å². The molecule has 19 heavy (non-hydrogen) atoms. The summed E-state index contributed by atoms with van der Waals surface area (Å²) in [6, 6.07) is 6.03. The highest BCUT2D eigenvalue weighted by Crippen LogP contribution is 2.30. The number of aliphatic hydroxyl groups excluding tert-OH is 1. The van der Waals surface area contributed by atoms with Crippen molar-refractivity contribution in [1.29, 1.82) is 0 Å². The van der Waals surface area contributed by atoms with Gasteiger partial charge in [0.05, 0.1) is 6.61 Å². The lowest BCUT2D eigenvalue weighted by Gasteiger charge is -2.35. The SMILES string of the molecule is CC(C)(C)N(CCO)Cc1csc2ccc(Cl)cc12. The standard InChI is InChI=1S/C15H20ClNOS/c1-15(2,3)17(6-7-18)9-11-10-19-14-5-4-12(16)8-13(11)14/h4-5,8,10,18H,6-7,9H2,1-3H3. The van der Waals surface area contributed by atoms with Crippen LogP contribution < -0.4 is 0 Å². The van der Waals surface area contributed by atoms with E-state index in [2.05, 4.69) is 37.1 Å². The number of aliphatic hydroxyl groups is 1. The van der Waals surface area contributed by atoms with Gasteiger partial charge in [0.2, 0.25) is 0 Å². The molecular weight excluding hydrogens is 278 g/mol. The van der Waals surface area contributed by atoms with Crippen LogP contribution in [0.2, 0.25) is 5.02 Å². The zero-order valence-corrected chi connectivity index (χ0v) is 13.2. The van der Waals surface area contributed by atoms with Gasteiger partial charge in [0.1, 0.15) is 0 Å². The molecule has 0 unspecified atom stereocenters. The predicted molar refractivity (Wildman–Crippen MR) is 84.1 cm³/mol. The zero-order chi connectivity index (χ0) is 14.0. The van der Waals surface area contributed by atoms with E-state index in [1.165, 1.54) is 15.6 Å². The van der Waals surface area contributed by atoms with Gasteiger partial charge in [-0.3, -0.25) is 4.90 Å². The second-order valence-corrected chi connectivity index (χ2v) is 7.07. The summed E-state index contributed by atoms with van der Waals surface area (Å²) in [5, 5.41) is 13.4. The molecule has 0 saturated carbocycles. The van der Waals surface area contributed by atoms with Gasteiger partial charge in [0, 0.05) is 28.4 Å². The molecule has 4 heteroatoms. The first-order valence-electron chi connectivity index (χ1n) is 6.43. The minimum Gasteiger partial charge on any atom is -0.395 e. The van der Waals surface area contributed by atoms with Crippen LogP contribution in [0.15, 0.2) is 23.6 Å². The molecule has 1 aromatic heterocycles. The summed E-state index contributed by atoms with van der Waals surface area (Å²) < 4.78 is 1.26. The number of benzene rings is 1. The molecule has 0 spiro atoms. The lowest BCUT2D eigenvalue weighted by atomic mass is 10.0. The van der Waals surface area contributed by atoms with Gasteiger partial charge in [0.15, 0.2) is 0 Å². The summed E-state index contributed by atoms with van der Waals surface area (Å²) in [7, 11) is 0. The van der Waals surface area contributed by atoms with Gasteiger partial charge in [-0.05, 0) is 55.3 Å². The summed E-state index contributed by atoms with van der Waals surface area (Å²) in [5.74, 6) is 0. The Morgan fingerprint density at radius 3 is 2.68 bits per heavy atom. The van der Waals surface area contributed by atoms with E-state index in [0.29, 0.717) is 6.54 Å². The van der Waals surface area contributed by atoms with Crippen LogP contribution in [0.5, 0.6) is 0 Å². The molecule has 0 aliphatic carbocycles. The fraction of sp³-hybridized carbons (Fsp3) is 0.467. The van der Waals surface area contributed by atoms with E-state index in [1.54, 1.807) is 11.3 Å². The minimum absolute atomic E-state index is 0.0373. The first-order chi connectivity index (χ1) is 8.91. The molecule has 0 atom stereocenters.